The highest BCUT2D eigenvalue weighted by molar-refractivity contribution is 5.26. The maximum absolute atomic E-state index is 5.53. The molecule has 0 radical (unpaired) electrons. The van der Waals surface area contributed by atoms with Gasteiger partial charge in [0.2, 0.25) is 5.95 Å². The molecule has 1 aliphatic heterocycles. The van der Waals surface area contributed by atoms with E-state index in [2.05, 4.69) is 16.9 Å². The van der Waals surface area contributed by atoms with Crippen LogP contribution in [0.5, 0.6) is 0 Å². The van der Waals surface area contributed by atoms with Gasteiger partial charge in [-0.1, -0.05) is 6.08 Å². The molecule has 1 aromatic heterocycles. The number of allylic oxidation sites excluding steroid dienone is 1. The number of anilines is 1. The van der Waals surface area contributed by atoms with Crippen LogP contribution in [0.1, 0.15) is 0 Å². The maximum Gasteiger partial charge on any atom is 0.203 e. The zero-order valence-corrected chi connectivity index (χ0v) is 9.26. The van der Waals surface area contributed by atoms with Gasteiger partial charge in [0.05, 0.1) is 25.9 Å². The van der Waals surface area contributed by atoms with Crippen LogP contribution in [0.3, 0.4) is 0 Å². The highest BCUT2D eigenvalue weighted by Crippen LogP contribution is 2.06. The summed E-state index contributed by atoms with van der Waals surface area (Å²) < 4.78 is 12.8. The first-order chi connectivity index (χ1) is 7.90. The summed E-state index contributed by atoms with van der Waals surface area (Å²) in [5.41, 5.74) is 0. The number of nitrogens with one attached hydrogen (secondary N) is 1. The van der Waals surface area contributed by atoms with Gasteiger partial charge in [0, 0.05) is 25.5 Å². The Morgan fingerprint density at radius 3 is 3.31 bits per heavy atom. The smallest absolute Gasteiger partial charge is 0.203 e. The summed E-state index contributed by atoms with van der Waals surface area (Å²) in [5, 5.41) is 3.25. The van der Waals surface area contributed by atoms with E-state index in [9.17, 15) is 0 Å². The summed E-state index contributed by atoms with van der Waals surface area (Å²) in [6.45, 7) is 7.19. The third-order valence-corrected chi connectivity index (χ3v) is 2.41. The minimum absolute atomic E-state index is 0.114. The Balaban J connectivity index is 1.83. The monoisotopic (exact) mass is 223 g/mol. The van der Waals surface area contributed by atoms with Crippen molar-refractivity contribution in [3.8, 4) is 0 Å². The molecule has 0 saturated carbocycles. The van der Waals surface area contributed by atoms with Gasteiger partial charge in [-0.15, -0.1) is 6.58 Å². The van der Waals surface area contributed by atoms with Crippen molar-refractivity contribution in [3.05, 3.63) is 25.0 Å². The number of rotatable bonds is 5. The minimum atomic E-state index is 0.114. The van der Waals surface area contributed by atoms with Crippen LogP contribution in [0.2, 0.25) is 0 Å². The highest BCUT2D eigenvalue weighted by Gasteiger charge is 2.14. The van der Waals surface area contributed by atoms with E-state index in [1.54, 1.807) is 6.20 Å². The molecular weight excluding hydrogens is 206 g/mol. The van der Waals surface area contributed by atoms with E-state index in [0.717, 1.165) is 12.5 Å². The molecule has 1 saturated heterocycles. The number of ether oxygens (including phenoxy) is 2. The third kappa shape index (κ3) is 2.84. The number of aromatic nitrogens is 2. The molecule has 5 nitrogen and oxygen atoms in total. The second-order valence-corrected chi connectivity index (χ2v) is 3.64. The Bertz CT molecular complexity index is 332. The lowest BCUT2D eigenvalue weighted by Crippen LogP contribution is -2.34. The summed E-state index contributed by atoms with van der Waals surface area (Å²) in [7, 11) is 0. The quantitative estimate of drug-likeness (QED) is 0.753. The van der Waals surface area contributed by atoms with Crippen LogP contribution in [-0.4, -0.2) is 42.0 Å². The summed E-state index contributed by atoms with van der Waals surface area (Å²) >= 11 is 0. The van der Waals surface area contributed by atoms with Crippen LogP contribution in [0, 0.1) is 0 Å². The lowest BCUT2D eigenvalue weighted by Gasteiger charge is -2.23. The van der Waals surface area contributed by atoms with Crippen molar-refractivity contribution in [2.45, 2.75) is 12.6 Å². The van der Waals surface area contributed by atoms with Crippen LogP contribution < -0.4 is 5.32 Å². The molecule has 1 atom stereocenters. The van der Waals surface area contributed by atoms with E-state index in [-0.39, 0.29) is 6.10 Å². The maximum atomic E-state index is 5.53. The van der Waals surface area contributed by atoms with E-state index >= 15 is 0 Å². The van der Waals surface area contributed by atoms with Crippen LogP contribution in [0.25, 0.3) is 0 Å². The molecule has 0 spiro atoms. The van der Waals surface area contributed by atoms with Gasteiger partial charge in [0.15, 0.2) is 0 Å². The normalized spacial score (nSPS) is 20.6. The van der Waals surface area contributed by atoms with Crippen molar-refractivity contribution in [1.29, 1.82) is 0 Å². The first-order valence-corrected chi connectivity index (χ1v) is 5.45. The molecule has 5 heteroatoms. The fourth-order valence-electron chi connectivity index (χ4n) is 1.62. The minimum Gasteiger partial charge on any atom is -0.376 e. The average molecular weight is 223 g/mol. The lowest BCUT2D eigenvalue weighted by atomic mass is 10.3. The molecule has 2 rings (SSSR count). The fraction of sp³-hybridized carbons (Fsp3) is 0.545. The Kier molecular flexibility index (Phi) is 3.96. The predicted molar refractivity (Wildman–Crippen MR) is 61.5 cm³/mol. The molecule has 0 amide bonds. The Morgan fingerprint density at radius 1 is 1.62 bits per heavy atom. The van der Waals surface area contributed by atoms with Gasteiger partial charge in [-0.05, 0) is 0 Å². The molecule has 0 bridgehead atoms. The average Bonchev–Trinajstić information content (AvgIpc) is 2.76. The fourth-order valence-corrected chi connectivity index (χ4v) is 1.62. The zero-order chi connectivity index (χ0) is 11.2. The van der Waals surface area contributed by atoms with Gasteiger partial charge >= 0.3 is 0 Å². The summed E-state index contributed by atoms with van der Waals surface area (Å²) in [6, 6.07) is 0. The van der Waals surface area contributed by atoms with E-state index in [1.165, 1.54) is 0 Å². The Hall–Kier alpha value is -1.33. The molecule has 0 aromatic carbocycles. The predicted octanol–water partition coefficient (Wildman–Crippen LogP) is 0.896. The molecule has 1 aliphatic rings. The van der Waals surface area contributed by atoms with Crippen molar-refractivity contribution >= 4 is 5.95 Å². The molecule has 1 unspecified atom stereocenters. The number of imidazole rings is 1. The Morgan fingerprint density at radius 2 is 2.56 bits per heavy atom. The first-order valence-electron chi connectivity index (χ1n) is 5.45. The van der Waals surface area contributed by atoms with Gasteiger partial charge < -0.3 is 19.4 Å². The number of hydrogen-bond acceptors (Lipinski definition) is 4. The lowest BCUT2D eigenvalue weighted by molar-refractivity contribution is -0.0819. The zero-order valence-electron chi connectivity index (χ0n) is 9.26. The van der Waals surface area contributed by atoms with E-state index in [1.807, 2.05) is 16.8 Å². The molecule has 16 heavy (non-hydrogen) atoms. The molecule has 88 valence electrons. The largest absolute Gasteiger partial charge is 0.376 e. The van der Waals surface area contributed by atoms with Crippen LogP contribution in [0.4, 0.5) is 5.95 Å². The van der Waals surface area contributed by atoms with Gasteiger partial charge in [0.1, 0.15) is 0 Å². The highest BCUT2D eigenvalue weighted by atomic mass is 16.6. The third-order valence-electron chi connectivity index (χ3n) is 2.41. The number of hydrogen-bond donors (Lipinski definition) is 1. The van der Waals surface area contributed by atoms with Crippen LogP contribution in [0.15, 0.2) is 25.0 Å². The van der Waals surface area contributed by atoms with Crippen LogP contribution in [-0.2, 0) is 16.0 Å². The second kappa shape index (κ2) is 5.67. The van der Waals surface area contributed by atoms with Crippen molar-refractivity contribution in [3.63, 3.8) is 0 Å². The Labute approximate surface area is 95.1 Å². The molecule has 1 fully saturated rings. The summed E-state index contributed by atoms with van der Waals surface area (Å²) in [5.74, 6) is 0.842. The second-order valence-electron chi connectivity index (χ2n) is 3.64. The number of nitrogens with zero attached hydrogens (tertiary/aromatic N) is 2. The van der Waals surface area contributed by atoms with Crippen molar-refractivity contribution in [2.75, 3.05) is 31.7 Å². The van der Waals surface area contributed by atoms with Crippen molar-refractivity contribution in [2.24, 2.45) is 0 Å². The van der Waals surface area contributed by atoms with Gasteiger partial charge in [0.25, 0.3) is 0 Å². The van der Waals surface area contributed by atoms with E-state index in [0.29, 0.717) is 26.4 Å². The van der Waals surface area contributed by atoms with Gasteiger partial charge in [-0.25, -0.2) is 4.98 Å². The SMILES string of the molecule is C=CCn1ccnc1NCC1COCCO1. The topological polar surface area (TPSA) is 48.3 Å². The molecule has 1 N–H and O–H groups in total. The molecule has 1 aromatic rings. The van der Waals surface area contributed by atoms with Crippen LogP contribution >= 0.6 is 0 Å². The van der Waals surface area contributed by atoms with E-state index < -0.39 is 0 Å². The first kappa shape index (κ1) is 11.2. The molecule has 2 heterocycles. The summed E-state index contributed by atoms with van der Waals surface area (Å²) in [4.78, 5) is 4.23. The van der Waals surface area contributed by atoms with Gasteiger partial charge in [-0.2, -0.15) is 0 Å². The molecular formula is C11H17N3O2. The van der Waals surface area contributed by atoms with Crippen molar-refractivity contribution in [1.82, 2.24) is 9.55 Å². The van der Waals surface area contributed by atoms with Crippen molar-refractivity contribution < 1.29 is 9.47 Å². The van der Waals surface area contributed by atoms with Gasteiger partial charge in [-0.3, -0.25) is 0 Å². The molecule has 0 aliphatic carbocycles. The summed E-state index contributed by atoms with van der Waals surface area (Å²) in [6.07, 6.45) is 5.64. The van der Waals surface area contributed by atoms with E-state index in [4.69, 9.17) is 9.47 Å². The standard InChI is InChI=1S/C11H17N3O2/c1-2-4-14-5-3-12-11(14)13-8-10-9-15-6-7-16-10/h2-3,5,10H,1,4,6-9H2,(H,12,13).